The van der Waals surface area contributed by atoms with E-state index in [0.29, 0.717) is 17.7 Å². The van der Waals surface area contributed by atoms with E-state index in [0.717, 1.165) is 5.56 Å². The van der Waals surface area contributed by atoms with E-state index >= 15 is 0 Å². The Labute approximate surface area is 240 Å². The molecule has 0 aliphatic carbocycles. The SMILES string of the molecule is COC(=O)c1ccc(NC(=O)CCC(C)CNC(=O)[C@@H](CC(=O)OCc2ccccc2)NC(=O)OC(C)(C)C)cc1. The number of anilines is 1. The molecule has 0 aliphatic heterocycles. The van der Waals surface area contributed by atoms with Crippen LogP contribution >= 0.6 is 0 Å². The minimum Gasteiger partial charge on any atom is -0.465 e. The maximum Gasteiger partial charge on any atom is 0.408 e. The topological polar surface area (TPSA) is 149 Å². The fourth-order valence-corrected chi connectivity index (χ4v) is 3.53. The van der Waals surface area contributed by atoms with Crippen molar-refractivity contribution < 1.29 is 38.2 Å². The zero-order valence-electron chi connectivity index (χ0n) is 24.2. The summed E-state index contributed by atoms with van der Waals surface area (Å²) in [6, 6.07) is 14.2. The van der Waals surface area contributed by atoms with Gasteiger partial charge in [-0.15, -0.1) is 0 Å². The fourth-order valence-electron chi connectivity index (χ4n) is 3.53. The predicted octanol–water partition coefficient (Wildman–Crippen LogP) is 3.97. The number of ether oxygens (including phenoxy) is 3. The molecule has 0 aromatic heterocycles. The molecule has 0 aliphatic rings. The number of methoxy groups -OCH3 is 1. The minimum absolute atomic E-state index is 0.0367. The van der Waals surface area contributed by atoms with Crippen LogP contribution in [0.3, 0.4) is 0 Å². The van der Waals surface area contributed by atoms with Crippen LogP contribution in [0.5, 0.6) is 0 Å². The molecule has 0 saturated heterocycles. The number of esters is 2. The van der Waals surface area contributed by atoms with E-state index in [2.05, 4.69) is 20.7 Å². The third-order valence-electron chi connectivity index (χ3n) is 5.70. The third kappa shape index (κ3) is 13.0. The summed E-state index contributed by atoms with van der Waals surface area (Å²) in [4.78, 5) is 61.6. The molecule has 3 N–H and O–H groups in total. The Kier molecular flexibility index (Phi) is 12.8. The maximum atomic E-state index is 12.9. The first-order valence-corrected chi connectivity index (χ1v) is 13.3. The first-order chi connectivity index (χ1) is 19.4. The first-order valence-electron chi connectivity index (χ1n) is 13.3. The van der Waals surface area contributed by atoms with Gasteiger partial charge in [0.15, 0.2) is 0 Å². The lowest BCUT2D eigenvalue weighted by Gasteiger charge is -2.23. The van der Waals surface area contributed by atoms with Crippen LogP contribution in [0.15, 0.2) is 54.6 Å². The van der Waals surface area contributed by atoms with E-state index < -0.39 is 35.6 Å². The van der Waals surface area contributed by atoms with Gasteiger partial charge in [-0.25, -0.2) is 9.59 Å². The normalized spacial score (nSPS) is 12.3. The predicted molar refractivity (Wildman–Crippen MR) is 152 cm³/mol. The largest absolute Gasteiger partial charge is 0.465 e. The van der Waals surface area contributed by atoms with Crippen molar-refractivity contribution in [3.63, 3.8) is 0 Å². The molecule has 41 heavy (non-hydrogen) atoms. The van der Waals surface area contributed by atoms with Crippen molar-refractivity contribution in [2.45, 2.75) is 65.2 Å². The van der Waals surface area contributed by atoms with Crippen molar-refractivity contribution in [3.8, 4) is 0 Å². The van der Waals surface area contributed by atoms with Crippen molar-refractivity contribution >= 4 is 35.5 Å². The zero-order chi connectivity index (χ0) is 30.4. The zero-order valence-corrected chi connectivity index (χ0v) is 24.2. The van der Waals surface area contributed by atoms with Crippen LogP contribution < -0.4 is 16.0 Å². The van der Waals surface area contributed by atoms with E-state index in [9.17, 15) is 24.0 Å². The van der Waals surface area contributed by atoms with Crippen molar-refractivity contribution in [1.29, 1.82) is 0 Å². The molecule has 222 valence electrons. The van der Waals surface area contributed by atoms with Crippen molar-refractivity contribution in [1.82, 2.24) is 10.6 Å². The Balaban J connectivity index is 1.86. The molecule has 2 rings (SSSR count). The van der Waals surface area contributed by atoms with Gasteiger partial charge in [-0.2, -0.15) is 0 Å². The molecule has 2 aromatic rings. The summed E-state index contributed by atoms with van der Waals surface area (Å²) in [7, 11) is 1.29. The maximum absolute atomic E-state index is 12.9. The van der Waals surface area contributed by atoms with Crippen LogP contribution in [0.25, 0.3) is 0 Å². The van der Waals surface area contributed by atoms with Gasteiger partial charge in [-0.3, -0.25) is 14.4 Å². The van der Waals surface area contributed by atoms with Gasteiger partial charge in [0.2, 0.25) is 11.8 Å². The van der Waals surface area contributed by atoms with E-state index in [1.165, 1.54) is 7.11 Å². The summed E-state index contributed by atoms with van der Waals surface area (Å²) in [6.07, 6.45) is -0.557. The molecule has 11 heteroatoms. The Hall–Kier alpha value is -4.41. The van der Waals surface area contributed by atoms with Gasteiger partial charge in [0, 0.05) is 18.7 Å². The number of amides is 3. The second-order valence-corrected chi connectivity index (χ2v) is 10.6. The third-order valence-corrected chi connectivity index (χ3v) is 5.70. The van der Waals surface area contributed by atoms with E-state index in [-0.39, 0.29) is 37.8 Å². The van der Waals surface area contributed by atoms with Gasteiger partial charge in [-0.1, -0.05) is 37.3 Å². The molecule has 3 amide bonds. The number of hydrogen-bond acceptors (Lipinski definition) is 8. The van der Waals surface area contributed by atoms with Gasteiger partial charge in [0.05, 0.1) is 19.1 Å². The Morgan fingerprint density at radius 1 is 0.927 bits per heavy atom. The van der Waals surface area contributed by atoms with Crippen LogP contribution in [0.4, 0.5) is 10.5 Å². The summed E-state index contributed by atoms with van der Waals surface area (Å²) in [6.45, 7) is 7.17. The standard InChI is InChI=1S/C30H39N3O8/c1-20(11-16-25(34)32-23-14-12-22(13-15-23)28(37)39-5)18-31-27(36)24(33-29(38)41-30(2,3)4)17-26(35)40-19-21-9-7-6-8-10-21/h6-10,12-15,20,24H,11,16-19H2,1-5H3,(H,31,36)(H,32,34)(H,33,38)/t20?,24-/m1/s1. The molecule has 0 spiro atoms. The molecule has 11 nitrogen and oxygen atoms in total. The van der Waals surface area contributed by atoms with Crippen molar-refractivity contribution in [2.24, 2.45) is 5.92 Å². The van der Waals surface area contributed by atoms with Crippen LogP contribution in [0.1, 0.15) is 62.9 Å². The average molecular weight is 570 g/mol. The van der Waals surface area contributed by atoms with E-state index in [4.69, 9.17) is 9.47 Å². The quantitative estimate of drug-likeness (QED) is 0.242. The molecule has 0 saturated carbocycles. The Morgan fingerprint density at radius 3 is 2.20 bits per heavy atom. The summed E-state index contributed by atoms with van der Waals surface area (Å²) in [5.74, 6) is -2.01. The first kappa shape index (κ1) is 32.8. The number of rotatable bonds is 13. The second kappa shape index (κ2) is 16.0. The van der Waals surface area contributed by atoms with Gasteiger partial charge < -0.3 is 30.2 Å². The Morgan fingerprint density at radius 2 is 1.59 bits per heavy atom. The highest BCUT2D eigenvalue weighted by molar-refractivity contribution is 5.93. The van der Waals surface area contributed by atoms with Gasteiger partial charge in [0.25, 0.3) is 0 Å². The van der Waals surface area contributed by atoms with Crippen LogP contribution in [0.2, 0.25) is 0 Å². The second-order valence-electron chi connectivity index (χ2n) is 10.6. The van der Waals surface area contributed by atoms with Gasteiger partial charge in [0.1, 0.15) is 18.2 Å². The molecule has 1 unspecified atom stereocenters. The highest BCUT2D eigenvalue weighted by Crippen LogP contribution is 2.13. The molecule has 0 radical (unpaired) electrons. The smallest absolute Gasteiger partial charge is 0.408 e. The number of benzene rings is 2. The lowest BCUT2D eigenvalue weighted by atomic mass is 10.0. The van der Waals surface area contributed by atoms with Crippen molar-refractivity contribution in [3.05, 3.63) is 65.7 Å². The molecule has 0 fully saturated rings. The summed E-state index contributed by atoms with van der Waals surface area (Å²) < 4.78 is 15.2. The fraction of sp³-hybridized carbons (Fsp3) is 0.433. The lowest BCUT2D eigenvalue weighted by molar-refractivity contribution is -0.147. The lowest BCUT2D eigenvalue weighted by Crippen LogP contribution is -2.50. The summed E-state index contributed by atoms with van der Waals surface area (Å²) in [5, 5.41) is 7.94. The highest BCUT2D eigenvalue weighted by atomic mass is 16.6. The van der Waals surface area contributed by atoms with Crippen LogP contribution in [-0.2, 0) is 35.2 Å². The van der Waals surface area contributed by atoms with E-state index in [1.54, 1.807) is 57.2 Å². The van der Waals surface area contributed by atoms with Crippen LogP contribution in [-0.4, -0.2) is 55.1 Å². The monoisotopic (exact) mass is 569 g/mol. The summed E-state index contributed by atoms with van der Waals surface area (Å²) in [5.41, 5.74) is 0.910. The average Bonchev–Trinajstić information content (AvgIpc) is 2.92. The molecule has 2 aromatic carbocycles. The highest BCUT2D eigenvalue weighted by Gasteiger charge is 2.27. The van der Waals surface area contributed by atoms with Gasteiger partial charge >= 0.3 is 18.0 Å². The molecular formula is C30H39N3O8. The van der Waals surface area contributed by atoms with Crippen LogP contribution in [0, 0.1) is 5.92 Å². The molecule has 2 atom stereocenters. The molecule has 0 heterocycles. The number of carbonyl (C=O) groups is 5. The minimum atomic E-state index is -1.21. The number of alkyl carbamates (subject to hydrolysis) is 1. The summed E-state index contributed by atoms with van der Waals surface area (Å²) >= 11 is 0. The van der Waals surface area contributed by atoms with Crippen molar-refractivity contribution in [2.75, 3.05) is 19.0 Å². The van der Waals surface area contributed by atoms with Gasteiger partial charge in [-0.05, 0) is 62.9 Å². The number of nitrogens with one attached hydrogen (secondary N) is 3. The number of hydrogen-bond donors (Lipinski definition) is 3. The molecule has 0 bridgehead atoms. The molecular weight excluding hydrogens is 530 g/mol. The Bertz CT molecular complexity index is 1180. The number of carbonyl (C=O) groups excluding carboxylic acids is 5. The van der Waals surface area contributed by atoms with E-state index in [1.807, 2.05) is 25.1 Å².